The van der Waals surface area contributed by atoms with Crippen LogP contribution in [0.5, 0.6) is 0 Å². The molecule has 2 rings (SSSR count). The van der Waals surface area contributed by atoms with Crippen molar-refractivity contribution in [3.63, 3.8) is 0 Å². The van der Waals surface area contributed by atoms with Gasteiger partial charge in [-0.2, -0.15) is 5.10 Å². The number of nitrogens with zero attached hydrogens (tertiary/aromatic N) is 3. The summed E-state index contributed by atoms with van der Waals surface area (Å²) in [5.74, 6) is 0.942. The van der Waals surface area contributed by atoms with Gasteiger partial charge in [0.2, 0.25) is 0 Å². The van der Waals surface area contributed by atoms with E-state index in [9.17, 15) is 4.79 Å². The highest BCUT2D eigenvalue weighted by molar-refractivity contribution is 5.84. The lowest BCUT2D eigenvalue weighted by Crippen LogP contribution is -2.38. The third-order valence-corrected chi connectivity index (χ3v) is 3.50. The fourth-order valence-corrected chi connectivity index (χ4v) is 2.65. The summed E-state index contributed by atoms with van der Waals surface area (Å²) >= 11 is 0. The number of piperidine rings is 1. The second-order valence-corrected chi connectivity index (χ2v) is 4.71. The van der Waals surface area contributed by atoms with Crippen LogP contribution >= 0.6 is 0 Å². The van der Waals surface area contributed by atoms with Crippen molar-refractivity contribution in [1.29, 1.82) is 0 Å². The summed E-state index contributed by atoms with van der Waals surface area (Å²) in [6.45, 7) is 6.52. The molecule has 5 heteroatoms. The van der Waals surface area contributed by atoms with Gasteiger partial charge in [-0.25, -0.2) is 0 Å². The molecule has 1 aliphatic heterocycles. The number of aromatic nitrogens is 2. The van der Waals surface area contributed by atoms with E-state index in [1.54, 1.807) is 4.68 Å². The molecule has 0 bridgehead atoms. The molecule has 0 aliphatic carbocycles. The maximum absolute atomic E-state index is 11.2. The summed E-state index contributed by atoms with van der Waals surface area (Å²) in [5, 5.41) is 4.32. The number of carbonyl (C=O) groups excluding carboxylic acids is 1. The summed E-state index contributed by atoms with van der Waals surface area (Å²) in [6.07, 6.45) is 3.29. The first-order valence-electron chi connectivity index (χ1n) is 6.52. The van der Waals surface area contributed by atoms with Gasteiger partial charge < -0.3 is 9.64 Å². The van der Waals surface area contributed by atoms with E-state index in [0.29, 0.717) is 11.7 Å². The quantitative estimate of drug-likeness (QED) is 0.762. The zero-order valence-corrected chi connectivity index (χ0v) is 11.3. The van der Waals surface area contributed by atoms with Crippen LogP contribution in [0.15, 0.2) is 0 Å². The SMILES string of the molecule is CCOC1CCN(c2c(C=O)c(C)nn2C)CC1. The molecule has 1 saturated heterocycles. The second kappa shape index (κ2) is 5.52. The van der Waals surface area contributed by atoms with E-state index in [4.69, 9.17) is 4.74 Å². The Bertz CT molecular complexity index is 420. The minimum atomic E-state index is 0.361. The standard InChI is InChI=1S/C13H21N3O2/c1-4-18-11-5-7-16(8-6-11)13-12(9-17)10(2)14-15(13)3/h9,11H,4-8H2,1-3H3. The van der Waals surface area contributed by atoms with E-state index in [1.165, 1.54) is 0 Å². The molecule has 0 N–H and O–H groups in total. The van der Waals surface area contributed by atoms with Crippen molar-refractivity contribution in [3.05, 3.63) is 11.3 Å². The van der Waals surface area contributed by atoms with Crippen LogP contribution in [0.1, 0.15) is 35.8 Å². The Morgan fingerprint density at radius 2 is 2.11 bits per heavy atom. The molecule has 1 fully saturated rings. The number of hydrogen-bond donors (Lipinski definition) is 0. The van der Waals surface area contributed by atoms with Crippen molar-refractivity contribution < 1.29 is 9.53 Å². The van der Waals surface area contributed by atoms with Gasteiger partial charge in [0.1, 0.15) is 5.82 Å². The van der Waals surface area contributed by atoms with Crippen molar-refractivity contribution >= 4 is 12.1 Å². The highest BCUT2D eigenvalue weighted by Crippen LogP contribution is 2.25. The zero-order valence-electron chi connectivity index (χ0n) is 11.3. The van der Waals surface area contributed by atoms with Gasteiger partial charge in [0.25, 0.3) is 0 Å². The second-order valence-electron chi connectivity index (χ2n) is 4.71. The van der Waals surface area contributed by atoms with Gasteiger partial charge in [-0.3, -0.25) is 9.48 Å². The van der Waals surface area contributed by atoms with Crippen molar-refractivity contribution in [2.45, 2.75) is 32.8 Å². The number of hydrogen-bond acceptors (Lipinski definition) is 4. The third-order valence-electron chi connectivity index (χ3n) is 3.50. The highest BCUT2D eigenvalue weighted by Gasteiger charge is 2.24. The Balaban J connectivity index is 2.12. The van der Waals surface area contributed by atoms with E-state index in [-0.39, 0.29) is 0 Å². The van der Waals surface area contributed by atoms with Gasteiger partial charge in [-0.05, 0) is 26.7 Å². The molecule has 5 nitrogen and oxygen atoms in total. The molecule has 0 spiro atoms. The summed E-state index contributed by atoms with van der Waals surface area (Å²) in [5.41, 5.74) is 1.52. The first-order valence-corrected chi connectivity index (χ1v) is 6.52. The predicted molar refractivity (Wildman–Crippen MR) is 70.2 cm³/mol. The molecule has 0 saturated carbocycles. The van der Waals surface area contributed by atoms with Crippen LogP contribution in [-0.4, -0.2) is 41.9 Å². The molecule has 18 heavy (non-hydrogen) atoms. The first kappa shape index (κ1) is 13.1. The van der Waals surface area contributed by atoms with E-state index < -0.39 is 0 Å². The Morgan fingerprint density at radius 1 is 1.44 bits per heavy atom. The molecule has 2 heterocycles. The minimum Gasteiger partial charge on any atom is -0.378 e. The molecular formula is C13H21N3O2. The molecule has 0 atom stereocenters. The van der Waals surface area contributed by atoms with Crippen molar-refractivity contribution in [1.82, 2.24) is 9.78 Å². The summed E-state index contributed by atoms with van der Waals surface area (Å²) in [7, 11) is 1.89. The Morgan fingerprint density at radius 3 is 2.67 bits per heavy atom. The molecule has 0 unspecified atom stereocenters. The molecule has 0 aromatic carbocycles. The van der Waals surface area contributed by atoms with E-state index in [1.807, 2.05) is 20.9 Å². The van der Waals surface area contributed by atoms with Crippen LogP contribution < -0.4 is 4.90 Å². The van der Waals surface area contributed by atoms with Gasteiger partial charge in [0, 0.05) is 26.7 Å². The maximum Gasteiger partial charge on any atom is 0.155 e. The van der Waals surface area contributed by atoms with E-state index >= 15 is 0 Å². The predicted octanol–water partition coefficient (Wildman–Crippen LogP) is 1.55. The van der Waals surface area contributed by atoms with Gasteiger partial charge in [0.15, 0.2) is 6.29 Å². The van der Waals surface area contributed by atoms with Gasteiger partial charge >= 0.3 is 0 Å². The topological polar surface area (TPSA) is 47.4 Å². The fourth-order valence-electron chi connectivity index (χ4n) is 2.65. The van der Waals surface area contributed by atoms with Gasteiger partial charge in [-0.1, -0.05) is 0 Å². The lowest BCUT2D eigenvalue weighted by atomic mass is 10.1. The number of carbonyl (C=O) groups is 1. The number of aryl methyl sites for hydroxylation is 2. The van der Waals surface area contributed by atoms with Crippen LogP contribution in [0.4, 0.5) is 5.82 Å². The largest absolute Gasteiger partial charge is 0.378 e. The van der Waals surface area contributed by atoms with Crippen molar-refractivity contribution in [2.24, 2.45) is 7.05 Å². The molecule has 100 valence electrons. The Hall–Kier alpha value is -1.36. The highest BCUT2D eigenvalue weighted by atomic mass is 16.5. The smallest absolute Gasteiger partial charge is 0.155 e. The van der Waals surface area contributed by atoms with Gasteiger partial charge in [-0.15, -0.1) is 0 Å². The molecule has 0 amide bonds. The number of aldehydes is 1. The number of anilines is 1. The average Bonchev–Trinajstić information content (AvgIpc) is 2.65. The van der Waals surface area contributed by atoms with Gasteiger partial charge in [0.05, 0.1) is 17.4 Å². The van der Waals surface area contributed by atoms with Crippen LogP contribution in [-0.2, 0) is 11.8 Å². The molecular weight excluding hydrogens is 230 g/mol. The molecule has 1 aliphatic rings. The third kappa shape index (κ3) is 2.41. The van der Waals surface area contributed by atoms with E-state index in [0.717, 1.165) is 50.3 Å². The zero-order chi connectivity index (χ0) is 13.1. The summed E-state index contributed by atoms with van der Waals surface area (Å²) < 4.78 is 7.45. The summed E-state index contributed by atoms with van der Waals surface area (Å²) in [4.78, 5) is 13.4. The lowest BCUT2D eigenvalue weighted by molar-refractivity contribution is 0.0457. The van der Waals surface area contributed by atoms with E-state index in [2.05, 4.69) is 10.00 Å². The number of rotatable bonds is 4. The normalized spacial score (nSPS) is 17.2. The lowest BCUT2D eigenvalue weighted by Gasteiger charge is -2.33. The monoisotopic (exact) mass is 251 g/mol. The molecule has 0 radical (unpaired) electrons. The van der Waals surface area contributed by atoms with Crippen LogP contribution in [0.25, 0.3) is 0 Å². The minimum absolute atomic E-state index is 0.361. The van der Waals surface area contributed by atoms with Crippen LogP contribution in [0.3, 0.4) is 0 Å². The van der Waals surface area contributed by atoms with Crippen molar-refractivity contribution in [3.8, 4) is 0 Å². The van der Waals surface area contributed by atoms with Crippen LogP contribution in [0.2, 0.25) is 0 Å². The first-order chi connectivity index (χ1) is 8.67. The maximum atomic E-state index is 11.2. The Kier molecular flexibility index (Phi) is 4.01. The average molecular weight is 251 g/mol. The fraction of sp³-hybridized carbons (Fsp3) is 0.692. The summed E-state index contributed by atoms with van der Waals surface area (Å²) in [6, 6.07) is 0. The Labute approximate surface area is 108 Å². The molecule has 1 aromatic rings. The van der Waals surface area contributed by atoms with Crippen LogP contribution in [0, 0.1) is 6.92 Å². The molecule has 1 aromatic heterocycles. The van der Waals surface area contributed by atoms with Crippen molar-refractivity contribution in [2.75, 3.05) is 24.6 Å². The number of ether oxygens (including phenoxy) is 1.